The fourth-order valence-electron chi connectivity index (χ4n) is 12.5. The van der Waals surface area contributed by atoms with Crippen LogP contribution in [0, 0.1) is 12.8 Å². The number of para-hydroxylation sites is 2. The van der Waals surface area contributed by atoms with E-state index in [4.69, 9.17) is 14.8 Å². The summed E-state index contributed by atoms with van der Waals surface area (Å²) in [6.07, 6.45) is 8.08. The number of hydrogen-bond acceptors (Lipinski definition) is 12. The fraction of sp³-hybridized carbons (Fsp3) is 0.426. The molecule has 3 N–H and O–H groups in total. The third kappa shape index (κ3) is 10.5. The summed E-state index contributed by atoms with van der Waals surface area (Å²) in [5.74, 6) is -0.232. The van der Waals surface area contributed by atoms with Crippen molar-refractivity contribution in [2.75, 3.05) is 47.8 Å². The zero-order valence-corrected chi connectivity index (χ0v) is 45.8. The SMILES string of the molecule is Cc1c(OC2CCC(CCCN3CCN(c4cccc5c(C6CCC(=O)NC6=O)nn(C)c45)[C@H](C)C3)CC2)cccc1-c1c(C(C)(C)C)cc(N2CCc3cccc(C(=O)Nc4nc5ccccc5s4)c3C2)nc1C(=O)O. The zero-order valence-electron chi connectivity index (χ0n) is 45.0. The van der Waals surface area contributed by atoms with Gasteiger partial charge in [-0.05, 0) is 147 Å². The first-order valence-corrected chi connectivity index (χ1v) is 28.3. The second-order valence-electron chi connectivity index (χ2n) is 22.7. The number of aromatic nitrogens is 4. The van der Waals surface area contributed by atoms with E-state index in [-0.39, 0.29) is 29.5 Å². The summed E-state index contributed by atoms with van der Waals surface area (Å²) in [5.41, 5.74) is 9.06. The quantitative estimate of drug-likeness (QED) is 0.0934. The maximum absolute atomic E-state index is 13.9. The number of carboxylic acid groups (broad SMARTS) is 1. The van der Waals surface area contributed by atoms with Gasteiger partial charge in [0.2, 0.25) is 11.8 Å². The number of nitrogens with zero attached hydrogens (tertiary/aromatic N) is 7. The first-order chi connectivity index (χ1) is 37.1. The van der Waals surface area contributed by atoms with Gasteiger partial charge in [0, 0.05) is 68.7 Å². The summed E-state index contributed by atoms with van der Waals surface area (Å²) < 4.78 is 9.73. The molecule has 0 spiro atoms. The number of rotatable bonds is 13. The van der Waals surface area contributed by atoms with E-state index >= 15 is 0 Å². The van der Waals surface area contributed by atoms with Gasteiger partial charge in [-0.3, -0.25) is 34.6 Å². The summed E-state index contributed by atoms with van der Waals surface area (Å²) in [5, 5.41) is 22.8. The van der Waals surface area contributed by atoms with Crippen LogP contribution >= 0.6 is 11.3 Å². The van der Waals surface area contributed by atoms with Crippen molar-refractivity contribution in [1.82, 2.24) is 30.0 Å². The van der Waals surface area contributed by atoms with Gasteiger partial charge in [-0.15, -0.1) is 0 Å². The van der Waals surface area contributed by atoms with E-state index in [2.05, 4.69) is 82.3 Å². The third-order valence-corrected chi connectivity index (χ3v) is 17.5. The lowest BCUT2D eigenvalue weighted by molar-refractivity contribution is -0.134. The first-order valence-electron chi connectivity index (χ1n) is 27.4. The number of benzene rings is 4. The third-order valence-electron chi connectivity index (χ3n) is 16.6. The lowest BCUT2D eigenvalue weighted by Crippen LogP contribution is -2.52. The highest BCUT2D eigenvalue weighted by atomic mass is 32.1. The number of anilines is 3. The number of carbonyl (C=O) groups excluding carboxylic acids is 3. The van der Waals surface area contributed by atoms with Crippen LogP contribution in [0.2, 0.25) is 0 Å². The lowest BCUT2D eigenvalue weighted by Gasteiger charge is -2.41. The molecule has 3 aromatic heterocycles. The number of imide groups is 1. The van der Waals surface area contributed by atoms with Crippen LogP contribution in [0.5, 0.6) is 5.75 Å². The molecule has 16 heteroatoms. The Balaban J connectivity index is 0.717. The van der Waals surface area contributed by atoms with E-state index in [1.807, 2.05) is 79.3 Å². The van der Waals surface area contributed by atoms with Gasteiger partial charge in [-0.1, -0.05) is 80.6 Å². The number of piperazine rings is 1. The number of thiazole rings is 1. The van der Waals surface area contributed by atoms with Gasteiger partial charge in [0.05, 0.1) is 39.1 Å². The van der Waals surface area contributed by atoms with Crippen molar-refractivity contribution in [3.05, 3.63) is 124 Å². The van der Waals surface area contributed by atoms with Crippen LogP contribution < -0.4 is 25.2 Å². The van der Waals surface area contributed by atoms with E-state index in [0.29, 0.717) is 66.4 Å². The van der Waals surface area contributed by atoms with Crippen LogP contribution in [0.15, 0.2) is 84.9 Å². The molecule has 0 bridgehead atoms. The molecule has 2 atom stereocenters. The second kappa shape index (κ2) is 21.3. The van der Waals surface area contributed by atoms with E-state index in [1.54, 1.807) is 0 Å². The van der Waals surface area contributed by atoms with Gasteiger partial charge in [0.15, 0.2) is 10.8 Å². The standard InChI is InChI=1S/C61H69N9O6S/c1-36-34-68(31-32-70(36)48-19-10-17-43-54(66-67(6)56(43)48)44-26-27-52(71)64-58(44)73)29-12-13-38-22-24-40(25-23-38)76-49-20-11-15-41(37(49)2)53-46(61(3,4)5)33-51(63-55(53)59(74)75)69-30-28-39-14-9-16-42(45(39)35-69)57(72)65-60-62-47-18-7-8-21-50(47)77-60/h7-11,14-21,33,36,38,40,44H,12-13,22-32,34-35H2,1-6H3,(H,74,75)(H,62,65,72)(H,64,71,73)/t36-,38?,40?,44?/m1/s1. The second-order valence-corrected chi connectivity index (χ2v) is 23.8. The Hall–Kier alpha value is -7.17. The topological polar surface area (TPSA) is 175 Å². The molecule has 3 aliphatic heterocycles. The molecule has 4 aliphatic rings. The molecular weight excluding hydrogens is 987 g/mol. The molecule has 1 unspecified atom stereocenters. The maximum Gasteiger partial charge on any atom is 0.355 e. The molecule has 400 valence electrons. The number of aryl methyl sites for hydroxylation is 1. The molecule has 0 radical (unpaired) electrons. The molecule has 4 aromatic carbocycles. The average molecular weight is 1060 g/mol. The monoisotopic (exact) mass is 1060 g/mol. The number of carbonyl (C=O) groups is 4. The Morgan fingerprint density at radius 1 is 0.909 bits per heavy atom. The van der Waals surface area contributed by atoms with Crippen LogP contribution in [0.25, 0.3) is 32.2 Å². The Morgan fingerprint density at radius 3 is 2.47 bits per heavy atom. The van der Waals surface area contributed by atoms with Gasteiger partial charge in [0.1, 0.15) is 11.6 Å². The number of piperidine rings is 1. The van der Waals surface area contributed by atoms with Crippen LogP contribution in [-0.2, 0) is 35.0 Å². The van der Waals surface area contributed by atoms with E-state index < -0.39 is 17.3 Å². The van der Waals surface area contributed by atoms with Gasteiger partial charge < -0.3 is 19.6 Å². The van der Waals surface area contributed by atoms with Crippen molar-refractivity contribution in [2.24, 2.45) is 13.0 Å². The minimum absolute atomic E-state index is 0.00149. The van der Waals surface area contributed by atoms with Crippen molar-refractivity contribution in [3.8, 4) is 16.9 Å². The van der Waals surface area contributed by atoms with Crippen molar-refractivity contribution in [2.45, 2.75) is 122 Å². The Bertz CT molecular complexity index is 3390. The number of carboxylic acids is 1. The number of amides is 3. The predicted molar refractivity (Wildman–Crippen MR) is 304 cm³/mol. The molecule has 1 saturated carbocycles. The molecule has 2 saturated heterocycles. The van der Waals surface area contributed by atoms with E-state index in [1.165, 1.54) is 17.8 Å². The minimum Gasteiger partial charge on any atom is -0.490 e. The minimum atomic E-state index is -1.09. The number of hydrogen-bond donors (Lipinski definition) is 3. The normalized spacial score (nSPS) is 20.3. The van der Waals surface area contributed by atoms with Crippen molar-refractivity contribution in [1.29, 1.82) is 0 Å². The summed E-state index contributed by atoms with van der Waals surface area (Å²) in [7, 11) is 1.95. The smallest absolute Gasteiger partial charge is 0.355 e. The Kier molecular flexibility index (Phi) is 14.4. The van der Waals surface area contributed by atoms with E-state index in [0.717, 1.165) is 124 Å². The number of ether oxygens (including phenoxy) is 1. The van der Waals surface area contributed by atoms with E-state index in [9.17, 15) is 24.3 Å². The van der Waals surface area contributed by atoms with Gasteiger partial charge >= 0.3 is 5.97 Å². The van der Waals surface area contributed by atoms with Gasteiger partial charge in [-0.25, -0.2) is 14.8 Å². The summed E-state index contributed by atoms with van der Waals surface area (Å²) in [4.78, 5) is 68.7. The summed E-state index contributed by atoms with van der Waals surface area (Å²) in [6.45, 7) is 15.6. The molecular formula is C61H69N9O6S. The Labute approximate surface area is 454 Å². The van der Waals surface area contributed by atoms with Gasteiger partial charge in [-0.2, -0.15) is 5.10 Å². The molecule has 3 fully saturated rings. The number of fused-ring (bicyclic) bond motifs is 3. The molecule has 1 aliphatic carbocycles. The van der Waals surface area contributed by atoms with Crippen molar-refractivity contribution >= 4 is 72.8 Å². The highest BCUT2D eigenvalue weighted by molar-refractivity contribution is 7.22. The highest BCUT2D eigenvalue weighted by Gasteiger charge is 2.35. The number of aromatic carboxylic acids is 1. The maximum atomic E-state index is 13.9. The highest BCUT2D eigenvalue weighted by Crippen LogP contribution is 2.43. The molecule has 7 aromatic rings. The number of nitrogens with one attached hydrogen (secondary N) is 2. The first kappa shape index (κ1) is 51.9. The van der Waals surface area contributed by atoms with Crippen LogP contribution in [0.4, 0.5) is 16.6 Å². The van der Waals surface area contributed by atoms with Crippen molar-refractivity contribution < 1.29 is 29.0 Å². The summed E-state index contributed by atoms with van der Waals surface area (Å²) >= 11 is 1.44. The molecule has 11 rings (SSSR count). The van der Waals surface area contributed by atoms with Crippen LogP contribution in [0.3, 0.4) is 0 Å². The van der Waals surface area contributed by atoms with Gasteiger partial charge in [0.25, 0.3) is 5.91 Å². The molecule has 6 heterocycles. The Morgan fingerprint density at radius 2 is 1.70 bits per heavy atom. The lowest BCUT2D eigenvalue weighted by atomic mass is 9.80. The number of pyridine rings is 1. The van der Waals surface area contributed by atoms with Crippen molar-refractivity contribution in [3.63, 3.8) is 0 Å². The summed E-state index contributed by atoms with van der Waals surface area (Å²) in [6, 6.07) is 28.3. The predicted octanol–water partition coefficient (Wildman–Crippen LogP) is 10.8. The van der Waals surface area contributed by atoms with Crippen LogP contribution in [0.1, 0.15) is 134 Å². The fourth-order valence-corrected chi connectivity index (χ4v) is 13.4. The zero-order chi connectivity index (χ0) is 53.7. The molecule has 77 heavy (non-hydrogen) atoms. The van der Waals surface area contributed by atoms with Crippen LogP contribution in [-0.4, -0.2) is 98.3 Å². The largest absolute Gasteiger partial charge is 0.490 e. The average Bonchev–Trinajstić information content (AvgIpc) is 3.98. The molecule has 3 amide bonds. The molecule has 15 nitrogen and oxygen atoms in total.